The van der Waals surface area contributed by atoms with Gasteiger partial charge in [0.1, 0.15) is 4.83 Å². The topological polar surface area (TPSA) is 92.1 Å². The Morgan fingerprint density at radius 3 is 3.00 bits per heavy atom. The molecule has 3 N–H and O–H groups in total. The summed E-state index contributed by atoms with van der Waals surface area (Å²) in [6.45, 7) is 0.520. The van der Waals surface area contributed by atoms with Crippen LogP contribution in [0.4, 0.5) is 10.8 Å². The van der Waals surface area contributed by atoms with Crippen molar-refractivity contribution in [2.24, 2.45) is 7.05 Å². The number of aromatic nitrogens is 3. The second-order valence-electron chi connectivity index (χ2n) is 5.46. The lowest BCUT2D eigenvalue weighted by Gasteiger charge is -2.04. The van der Waals surface area contributed by atoms with Crippen LogP contribution in [0.3, 0.4) is 0 Å². The summed E-state index contributed by atoms with van der Waals surface area (Å²) >= 11 is 2.83. The molecule has 0 aliphatic heterocycles. The number of nitrogens with one attached hydrogen (secondary N) is 2. The third kappa shape index (κ3) is 3.09. The van der Waals surface area contributed by atoms with E-state index in [1.807, 2.05) is 35.9 Å². The normalized spacial score (nSPS) is 11.3. The Morgan fingerprint density at radius 2 is 2.20 bits per heavy atom. The predicted molar refractivity (Wildman–Crippen MR) is 102 cm³/mol. The first-order chi connectivity index (χ1) is 12.1. The van der Waals surface area contributed by atoms with Gasteiger partial charge < -0.3 is 20.3 Å². The molecule has 7 nitrogen and oxygen atoms in total. The minimum absolute atomic E-state index is 0.0574. The molecule has 128 valence electrons. The molecule has 9 heteroatoms. The third-order valence-electron chi connectivity index (χ3n) is 3.68. The van der Waals surface area contributed by atoms with Crippen molar-refractivity contribution in [1.29, 1.82) is 0 Å². The first-order valence-corrected chi connectivity index (χ1v) is 9.25. The molecule has 4 rings (SSSR count). The second-order valence-corrected chi connectivity index (χ2v) is 7.52. The van der Waals surface area contributed by atoms with E-state index in [0.29, 0.717) is 11.4 Å². The largest absolute Gasteiger partial charge is 0.395 e. The number of carbonyl (C=O) groups excluding carboxylic acids is 1. The molecular formula is C16H15N5O2S2. The van der Waals surface area contributed by atoms with E-state index in [2.05, 4.69) is 20.6 Å². The fraction of sp³-hybridized carbons (Fsp3) is 0.188. The molecule has 3 aromatic heterocycles. The summed E-state index contributed by atoms with van der Waals surface area (Å²) in [6.07, 6.45) is 1.75. The van der Waals surface area contributed by atoms with Crippen molar-refractivity contribution in [2.45, 2.75) is 0 Å². The van der Waals surface area contributed by atoms with Crippen molar-refractivity contribution in [2.75, 3.05) is 23.8 Å². The molecule has 0 saturated carbocycles. The summed E-state index contributed by atoms with van der Waals surface area (Å²) < 4.78 is 2.87. The minimum atomic E-state index is -0.151. The standard InChI is InChI=1S/C16H15N5O2S2/c1-21-8-18-10-3-2-9(6-11(10)21)19-14(23)12-7-13-15(24-12)20-16(25-13)17-4-5-22/h2-3,6-8,22H,4-5H2,1H3,(H,17,20)(H,19,23). The van der Waals surface area contributed by atoms with Crippen LogP contribution >= 0.6 is 22.7 Å². The highest BCUT2D eigenvalue weighted by molar-refractivity contribution is 7.29. The van der Waals surface area contributed by atoms with E-state index in [9.17, 15) is 4.79 Å². The van der Waals surface area contributed by atoms with Crippen molar-refractivity contribution < 1.29 is 9.90 Å². The highest BCUT2D eigenvalue weighted by Crippen LogP contribution is 2.33. The number of hydrogen-bond acceptors (Lipinski definition) is 7. The zero-order chi connectivity index (χ0) is 17.4. The van der Waals surface area contributed by atoms with Gasteiger partial charge in [0, 0.05) is 19.3 Å². The number of aryl methyl sites for hydroxylation is 1. The van der Waals surface area contributed by atoms with Crippen LogP contribution in [0.25, 0.3) is 20.6 Å². The van der Waals surface area contributed by atoms with Crippen molar-refractivity contribution in [3.8, 4) is 0 Å². The summed E-state index contributed by atoms with van der Waals surface area (Å²) in [5, 5.41) is 15.6. The zero-order valence-corrected chi connectivity index (χ0v) is 14.9. The molecule has 0 radical (unpaired) electrons. The number of fused-ring (bicyclic) bond motifs is 2. The second kappa shape index (κ2) is 6.43. The van der Waals surface area contributed by atoms with Gasteiger partial charge in [-0.2, -0.15) is 0 Å². The van der Waals surface area contributed by atoms with Gasteiger partial charge in [-0.3, -0.25) is 4.79 Å². The molecule has 0 bridgehead atoms. The van der Waals surface area contributed by atoms with Crippen LogP contribution in [0, 0.1) is 0 Å². The van der Waals surface area contributed by atoms with Crippen molar-refractivity contribution in [3.63, 3.8) is 0 Å². The molecular weight excluding hydrogens is 358 g/mol. The number of carbonyl (C=O) groups is 1. The molecule has 0 aliphatic rings. The maximum absolute atomic E-state index is 12.5. The third-order valence-corrected chi connectivity index (χ3v) is 5.80. The zero-order valence-electron chi connectivity index (χ0n) is 13.3. The number of benzene rings is 1. The molecule has 3 heterocycles. The summed E-state index contributed by atoms with van der Waals surface area (Å²) in [6, 6.07) is 7.49. The van der Waals surface area contributed by atoms with E-state index in [4.69, 9.17) is 5.11 Å². The van der Waals surface area contributed by atoms with Gasteiger partial charge in [-0.1, -0.05) is 11.3 Å². The Kier molecular flexibility index (Phi) is 4.12. The average Bonchev–Trinajstić information content (AvgIpc) is 3.26. The van der Waals surface area contributed by atoms with Crippen LogP contribution in [-0.4, -0.2) is 38.7 Å². The van der Waals surface area contributed by atoms with E-state index in [-0.39, 0.29) is 12.5 Å². The Bertz CT molecular complexity index is 1030. The van der Waals surface area contributed by atoms with E-state index in [1.54, 1.807) is 6.33 Å². The summed E-state index contributed by atoms with van der Waals surface area (Å²) in [4.78, 5) is 22.6. The molecule has 1 amide bonds. The van der Waals surface area contributed by atoms with Crippen LogP contribution in [0.2, 0.25) is 0 Å². The SMILES string of the molecule is Cn1cnc2ccc(NC(=O)c3cc4sc(NCCO)nc4s3)cc21. The number of anilines is 2. The summed E-state index contributed by atoms with van der Waals surface area (Å²) in [5.74, 6) is -0.151. The maximum atomic E-state index is 12.5. The van der Waals surface area contributed by atoms with Gasteiger partial charge in [-0.15, -0.1) is 11.3 Å². The van der Waals surface area contributed by atoms with Gasteiger partial charge in [0.05, 0.1) is 33.5 Å². The van der Waals surface area contributed by atoms with E-state index in [1.165, 1.54) is 22.7 Å². The van der Waals surface area contributed by atoms with Gasteiger partial charge >= 0.3 is 0 Å². The average molecular weight is 373 g/mol. The first kappa shape index (κ1) is 16.0. The minimum Gasteiger partial charge on any atom is -0.395 e. The number of amides is 1. The van der Waals surface area contributed by atoms with Gasteiger partial charge in [0.15, 0.2) is 5.13 Å². The quantitative estimate of drug-likeness (QED) is 0.500. The van der Waals surface area contributed by atoms with Crippen LogP contribution in [0.1, 0.15) is 9.67 Å². The molecule has 25 heavy (non-hydrogen) atoms. The maximum Gasteiger partial charge on any atom is 0.265 e. The van der Waals surface area contributed by atoms with Crippen molar-refractivity contribution in [3.05, 3.63) is 35.5 Å². The van der Waals surface area contributed by atoms with Crippen molar-refractivity contribution in [1.82, 2.24) is 14.5 Å². The Balaban J connectivity index is 1.54. The summed E-state index contributed by atoms with van der Waals surface area (Å²) in [7, 11) is 1.92. The van der Waals surface area contributed by atoms with Gasteiger partial charge in [-0.25, -0.2) is 9.97 Å². The lowest BCUT2D eigenvalue weighted by molar-refractivity contribution is 0.103. The predicted octanol–water partition coefficient (Wildman–Crippen LogP) is 2.90. The molecule has 0 aliphatic carbocycles. The molecule has 4 aromatic rings. The lowest BCUT2D eigenvalue weighted by atomic mass is 10.2. The van der Waals surface area contributed by atoms with Crippen LogP contribution in [-0.2, 0) is 7.05 Å². The number of thiophene rings is 1. The van der Waals surface area contributed by atoms with Crippen LogP contribution < -0.4 is 10.6 Å². The molecule has 0 unspecified atom stereocenters. The Morgan fingerprint density at radius 1 is 1.32 bits per heavy atom. The molecule has 0 fully saturated rings. The number of nitrogens with zero attached hydrogens (tertiary/aromatic N) is 3. The fourth-order valence-corrected chi connectivity index (χ4v) is 4.52. The molecule has 0 atom stereocenters. The monoisotopic (exact) mass is 373 g/mol. The number of imidazole rings is 1. The van der Waals surface area contributed by atoms with Gasteiger partial charge in [0.2, 0.25) is 0 Å². The smallest absolute Gasteiger partial charge is 0.265 e. The lowest BCUT2D eigenvalue weighted by Crippen LogP contribution is -2.10. The number of rotatable bonds is 5. The van der Waals surface area contributed by atoms with E-state index in [0.717, 1.165) is 31.4 Å². The van der Waals surface area contributed by atoms with Crippen molar-refractivity contribution >= 4 is 60.0 Å². The number of aliphatic hydroxyl groups is 1. The Labute approximate surface area is 151 Å². The number of thiazole rings is 1. The van der Waals surface area contributed by atoms with E-state index < -0.39 is 0 Å². The van der Waals surface area contributed by atoms with Crippen LogP contribution in [0.5, 0.6) is 0 Å². The first-order valence-electron chi connectivity index (χ1n) is 7.61. The Hall–Kier alpha value is -2.49. The molecule has 0 saturated heterocycles. The molecule has 0 spiro atoms. The fourth-order valence-electron chi connectivity index (χ4n) is 2.48. The molecule has 1 aromatic carbocycles. The van der Waals surface area contributed by atoms with E-state index >= 15 is 0 Å². The van der Waals surface area contributed by atoms with Gasteiger partial charge in [0.25, 0.3) is 5.91 Å². The number of hydrogen-bond donors (Lipinski definition) is 3. The number of aliphatic hydroxyl groups excluding tert-OH is 1. The summed E-state index contributed by atoms with van der Waals surface area (Å²) in [5.41, 5.74) is 2.59. The highest BCUT2D eigenvalue weighted by Gasteiger charge is 2.14. The highest BCUT2D eigenvalue weighted by atomic mass is 32.1. The van der Waals surface area contributed by atoms with Gasteiger partial charge in [-0.05, 0) is 24.3 Å². The van der Waals surface area contributed by atoms with Crippen LogP contribution in [0.15, 0.2) is 30.6 Å².